The van der Waals surface area contributed by atoms with Crippen LogP contribution < -0.4 is 5.32 Å². The lowest BCUT2D eigenvalue weighted by Gasteiger charge is -2.25. The molecule has 1 aromatic carbocycles. The van der Waals surface area contributed by atoms with Crippen LogP contribution in [0.5, 0.6) is 0 Å². The summed E-state index contributed by atoms with van der Waals surface area (Å²) in [5.41, 5.74) is 0.415. The van der Waals surface area contributed by atoms with Crippen LogP contribution in [0.3, 0.4) is 0 Å². The van der Waals surface area contributed by atoms with E-state index in [0.29, 0.717) is 19.4 Å². The fourth-order valence-electron chi connectivity index (χ4n) is 3.17. The predicted octanol–water partition coefficient (Wildman–Crippen LogP) is 2.38. The molecule has 2 N–H and O–H groups in total. The molecule has 0 saturated carbocycles. The zero-order valence-electron chi connectivity index (χ0n) is 16.7. The van der Waals surface area contributed by atoms with Crippen LogP contribution in [-0.2, 0) is 25.8 Å². The van der Waals surface area contributed by atoms with E-state index < -0.39 is 35.7 Å². The third kappa shape index (κ3) is 6.23. The number of rotatable bonds is 6. The van der Waals surface area contributed by atoms with Gasteiger partial charge in [0.15, 0.2) is 0 Å². The second-order valence-electron chi connectivity index (χ2n) is 8.07. The monoisotopic (exact) mass is 392 g/mol. The summed E-state index contributed by atoms with van der Waals surface area (Å²) in [6.45, 7) is 6.95. The van der Waals surface area contributed by atoms with Gasteiger partial charge in [-0.2, -0.15) is 4.89 Å². The van der Waals surface area contributed by atoms with E-state index in [9.17, 15) is 19.5 Å². The van der Waals surface area contributed by atoms with Crippen molar-refractivity contribution in [2.24, 2.45) is 5.92 Å². The number of aliphatic carboxylic acids is 1. The number of carboxylic acid groups (broad SMARTS) is 1. The molecular formula is C20H28N2O6. The van der Waals surface area contributed by atoms with E-state index in [1.807, 2.05) is 30.3 Å². The fourth-order valence-corrected chi connectivity index (χ4v) is 3.17. The maximum absolute atomic E-state index is 12.7. The molecule has 0 aliphatic carbocycles. The highest BCUT2D eigenvalue weighted by atomic mass is 17.2. The minimum atomic E-state index is -1.05. The minimum Gasteiger partial charge on any atom is -0.480 e. The van der Waals surface area contributed by atoms with E-state index in [-0.39, 0.29) is 5.92 Å². The molecule has 154 valence electrons. The van der Waals surface area contributed by atoms with Crippen molar-refractivity contribution in [3.8, 4) is 0 Å². The third-order valence-corrected chi connectivity index (χ3v) is 4.40. The minimum absolute atomic E-state index is 0.0378. The van der Waals surface area contributed by atoms with Gasteiger partial charge in [-0.1, -0.05) is 30.3 Å². The van der Waals surface area contributed by atoms with Gasteiger partial charge in [-0.3, -0.25) is 9.68 Å². The highest BCUT2D eigenvalue weighted by Gasteiger charge is 2.41. The largest absolute Gasteiger partial charge is 0.480 e. The van der Waals surface area contributed by atoms with Crippen LogP contribution in [0.15, 0.2) is 30.3 Å². The summed E-state index contributed by atoms with van der Waals surface area (Å²) in [5, 5.41) is 11.9. The Hall–Kier alpha value is -2.61. The molecule has 8 nitrogen and oxygen atoms in total. The number of hydrogen-bond acceptors (Lipinski definition) is 5. The Morgan fingerprint density at radius 1 is 1.25 bits per heavy atom. The first-order valence-corrected chi connectivity index (χ1v) is 9.30. The lowest BCUT2D eigenvalue weighted by atomic mass is 9.97. The number of likely N-dealkylation sites (tertiary alicyclic amines) is 1. The van der Waals surface area contributed by atoms with Gasteiger partial charge in [0.25, 0.3) is 0 Å². The first kappa shape index (κ1) is 21.7. The van der Waals surface area contributed by atoms with Crippen molar-refractivity contribution >= 4 is 18.0 Å². The number of nitrogens with zero attached hydrogens (tertiary/aromatic N) is 1. The summed E-state index contributed by atoms with van der Waals surface area (Å²) in [7, 11) is 0. The molecule has 0 spiro atoms. The van der Waals surface area contributed by atoms with Crippen molar-refractivity contribution in [3.05, 3.63) is 35.9 Å². The Morgan fingerprint density at radius 3 is 2.46 bits per heavy atom. The topological polar surface area (TPSA) is 105 Å². The van der Waals surface area contributed by atoms with Crippen LogP contribution in [0.4, 0.5) is 4.79 Å². The van der Waals surface area contributed by atoms with Crippen LogP contribution in [-0.4, -0.2) is 52.2 Å². The van der Waals surface area contributed by atoms with Gasteiger partial charge in [-0.25, -0.2) is 9.59 Å². The molecule has 2 amide bonds. The molecular weight excluding hydrogens is 364 g/mol. The molecule has 1 aliphatic heterocycles. The van der Waals surface area contributed by atoms with Crippen LogP contribution in [0.1, 0.15) is 39.7 Å². The van der Waals surface area contributed by atoms with E-state index in [1.54, 1.807) is 20.8 Å². The summed E-state index contributed by atoms with van der Waals surface area (Å²) < 4.78 is 0. The predicted molar refractivity (Wildman–Crippen MR) is 101 cm³/mol. The average molecular weight is 392 g/mol. The molecule has 28 heavy (non-hydrogen) atoms. The summed E-state index contributed by atoms with van der Waals surface area (Å²) in [6, 6.07) is 7.90. The molecule has 0 unspecified atom stereocenters. The van der Waals surface area contributed by atoms with Gasteiger partial charge < -0.3 is 15.3 Å². The van der Waals surface area contributed by atoms with Gasteiger partial charge in [-0.05, 0) is 52.0 Å². The Bertz CT molecular complexity index is 700. The van der Waals surface area contributed by atoms with Crippen LogP contribution in [0.2, 0.25) is 0 Å². The molecule has 2 rings (SSSR count). The van der Waals surface area contributed by atoms with Crippen molar-refractivity contribution < 1.29 is 29.3 Å². The highest BCUT2D eigenvalue weighted by Crippen LogP contribution is 2.27. The van der Waals surface area contributed by atoms with E-state index >= 15 is 0 Å². The SMILES string of the molecule is C[C@H](NC(=O)OOC(C)(C)C)C(=O)N1C[C@@H](Cc2ccccc2)C[C@H]1C(=O)O. The van der Waals surface area contributed by atoms with E-state index in [2.05, 4.69) is 10.2 Å². The van der Waals surface area contributed by atoms with Crippen molar-refractivity contribution in [2.75, 3.05) is 6.54 Å². The van der Waals surface area contributed by atoms with Crippen LogP contribution in [0.25, 0.3) is 0 Å². The average Bonchev–Trinajstić information content (AvgIpc) is 3.03. The van der Waals surface area contributed by atoms with Crippen molar-refractivity contribution in [2.45, 2.75) is 58.2 Å². The number of benzene rings is 1. The molecule has 1 heterocycles. The quantitative estimate of drug-likeness (QED) is 0.569. The molecule has 3 atom stereocenters. The molecule has 8 heteroatoms. The molecule has 1 fully saturated rings. The lowest BCUT2D eigenvalue weighted by molar-refractivity contribution is -0.300. The van der Waals surface area contributed by atoms with Gasteiger partial charge in [0.2, 0.25) is 5.91 Å². The smallest absolute Gasteiger partial charge is 0.439 e. The normalized spacial score (nSPS) is 20.5. The number of nitrogens with one attached hydrogen (secondary N) is 1. The van der Waals surface area contributed by atoms with Crippen molar-refractivity contribution in [1.82, 2.24) is 10.2 Å². The number of amides is 2. The Balaban J connectivity index is 1.97. The number of carbonyl (C=O) groups is 3. The summed E-state index contributed by atoms with van der Waals surface area (Å²) in [4.78, 5) is 47.0. The summed E-state index contributed by atoms with van der Waals surface area (Å²) >= 11 is 0. The summed E-state index contributed by atoms with van der Waals surface area (Å²) in [5.74, 6) is -1.47. The first-order valence-electron chi connectivity index (χ1n) is 9.30. The maximum atomic E-state index is 12.7. The molecule has 0 bridgehead atoms. The molecule has 1 saturated heterocycles. The third-order valence-electron chi connectivity index (χ3n) is 4.40. The van der Waals surface area contributed by atoms with Gasteiger partial charge in [0.1, 0.15) is 17.7 Å². The van der Waals surface area contributed by atoms with E-state index in [4.69, 9.17) is 4.89 Å². The zero-order valence-corrected chi connectivity index (χ0v) is 16.7. The van der Waals surface area contributed by atoms with Gasteiger partial charge >= 0.3 is 12.1 Å². The maximum Gasteiger partial charge on any atom is 0.439 e. The van der Waals surface area contributed by atoms with Crippen molar-refractivity contribution in [1.29, 1.82) is 0 Å². The molecule has 0 radical (unpaired) electrons. The molecule has 0 aromatic heterocycles. The Kier molecular flexibility index (Phi) is 7.01. The molecule has 1 aliphatic rings. The first-order chi connectivity index (χ1) is 13.1. The standard InChI is InChI=1S/C20H28N2O6/c1-13(21-19(26)27-28-20(2,3)4)17(23)22-12-15(11-16(22)18(24)25)10-14-8-6-5-7-9-14/h5-9,13,15-16H,10-12H2,1-4H3,(H,21,26)(H,24,25)/t13-,15-,16-/m0/s1. The Morgan fingerprint density at radius 2 is 1.89 bits per heavy atom. The van der Waals surface area contributed by atoms with E-state index in [0.717, 1.165) is 5.56 Å². The van der Waals surface area contributed by atoms with Gasteiger partial charge in [0.05, 0.1) is 0 Å². The zero-order chi connectivity index (χ0) is 20.9. The van der Waals surface area contributed by atoms with E-state index in [1.165, 1.54) is 11.8 Å². The second-order valence-corrected chi connectivity index (χ2v) is 8.07. The lowest BCUT2D eigenvalue weighted by Crippen LogP contribution is -2.50. The highest BCUT2D eigenvalue weighted by molar-refractivity contribution is 5.89. The number of carboxylic acids is 1. The second kappa shape index (κ2) is 9.05. The van der Waals surface area contributed by atoms with Gasteiger partial charge in [-0.15, -0.1) is 0 Å². The van der Waals surface area contributed by atoms with Crippen LogP contribution in [0, 0.1) is 5.92 Å². The van der Waals surface area contributed by atoms with Crippen LogP contribution >= 0.6 is 0 Å². The fraction of sp³-hybridized carbons (Fsp3) is 0.550. The Labute approximate surface area is 164 Å². The molecule has 1 aromatic rings. The number of carbonyl (C=O) groups excluding carboxylic acids is 2. The van der Waals surface area contributed by atoms with Gasteiger partial charge in [0, 0.05) is 6.54 Å². The van der Waals surface area contributed by atoms with Crippen molar-refractivity contribution in [3.63, 3.8) is 0 Å². The summed E-state index contributed by atoms with van der Waals surface area (Å²) in [6.07, 6.45) is 0.167. The number of hydrogen-bond donors (Lipinski definition) is 2.